The number of carbonyl (C=O) groups excluding carboxylic acids is 1. The molecule has 1 aromatic heterocycles. The van der Waals surface area contributed by atoms with Crippen LogP contribution in [0.25, 0.3) is 0 Å². The number of amides is 1. The van der Waals surface area contributed by atoms with Gasteiger partial charge in [0, 0.05) is 18.8 Å². The third-order valence-corrected chi connectivity index (χ3v) is 8.38. The molecule has 1 aromatic rings. The molecule has 16 heteroatoms. The van der Waals surface area contributed by atoms with Crippen LogP contribution in [-0.4, -0.2) is 73.4 Å². The van der Waals surface area contributed by atoms with Crippen LogP contribution >= 0.6 is 16.1 Å². The van der Waals surface area contributed by atoms with E-state index in [1.807, 2.05) is 6.92 Å². The highest BCUT2D eigenvalue weighted by molar-refractivity contribution is 7.53. The molecular weight excluding hydrogens is 530 g/mol. The number of nitrogens with two attached hydrogens (primary N) is 1. The van der Waals surface area contributed by atoms with E-state index in [1.165, 1.54) is 20.2 Å². The van der Waals surface area contributed by atoms with Crippen molar-refractivity contribution in [2.75, 3.05) is 39.6 Å². The normalized spacial score (nSPS) is 22.8. The molecule has 14 nitrogen and oxygen atoms in total. The first-order valence-electron chi connectivity index (χ1n) is 12.1. The van der Waals surface area contributed by atoms with Crippen LogP contribution in [0.3, 0.4) is 0 Å². The molecule has 0 radical (unpaired) electrons. The zero-order valence-corrected chi connectivity index (χ0v) is 23.6. The lowest BCUT2D eigenvalue weighted by molar-refractivity contribution is -0.132. The summed E-state index contributed by atoms with van der Waals surface area (Å²) >= 11 is 0. The van der Waals surface area contributed by atoms with Crippen LogP contribution in [0.5, 0.6) is 0 Å². The molecular formula is C21H38N4O10P2. The third kappa shape index (κ3) is 9.05. The van der Waals surface area contributed by atoms with Gasteiger partial charge in [-0.25, -0.2) is 4.79 Å². The second kappa shape index (κ2) is 15.2. The molecule has 1 aliphatic heterocycles. The van der Waals surface area contributed by atoms with Crippen LogP contribution in [-0.2, 0) is 36.9 Å². The molecule has 2 heterocycles. The van der Waals surface area contributed by atoms with Crippen LogP contribution in [0.1, 0.15) is 45.4 Å². The van der Waals surface area contributed by atoms with Crippen molar-refractivity contribution in [1.82, 2.24) is 14.9 Å². The molecule has 0 aliphatic carbocycles. The summed E-state index contributed by atoms with van der Waals surface area (Å²) in [5, 5.41) is 2.46. The summed E-state index contributed by atoms with van der Waals surface area (Å²) in [7, 11) is -3.86. The predicted octanol–water partition coefficient (Wildman–Crippen LogP) is 1.53. The molecule has 1 fully saturated rings. The Hall–Kier alpha value is -1.47. The lowest BCUT2D eigenvalue weighted by atomic mass is 10.1. The van der Waals surface area contributed by atoms with Gasteiger partial charge in [-0.1, -0.05) is 6.92 Å². The Morgan fingerprint density at radius 1 is 1.24 bits per heavy atom. The number of hydrogen-bond acceptors (Lipinski definition) is 11. The molecule has 0 saturated carbocycles. The van der Waals surface area contributed by atoms with Gasteiger partial charge < -0.3 is 32.9 Å². The lowest BCUT2D eigenvalue weighted by Gasteiger charge is -2.27. The van der Waals surface area contributed by atoms with Gasteiger partial charge in [0.15, 0.2) is 6.23 Å². The molecule has 1 amide bonds. The Balaban J connectivity index is 2.45. The summed E-state index contributed by atoms with van der Waals surface area (Å²) in [5.74, 6) is -0.416. The zero-order chi connectivity index (χ0) is 27.6. The van der Waals surface area contributed by atoms with Crippen LogP contribution < -0.4 is 22.1 Å². The minimum atomic E-state index is -3.44. The Labute approximate surface area is 217 Å². The van der Waals surface area contributed by atoms with Crippen LogP contribution in [0, 0.1) is 6.92 Å². The Bertz CT molecular complexity index is 1030. The number of rotatable bonds is 16. The van der Waals surface area contributed by atoms with Crippen molar-refractivity contribution in [3.63, 3.8) is 0 Å². The highest BCUT2D eigenvalue weighted by atomic mass is 31.2. The van der Waals surface area contributed by atoms with Crippen molar-refractivity contribution in [3.8, 4) is 0 Å². The van der Waals surface area contributed by atoms with Crippen molar-refractivity contribution in [2.45, 2.75) is 65.1 Å². The SMILES string of the molecule is CCCOP(N)O[C@@H]1[C@@H](CCP(=O)(OCC)OCC)OC(n2cc(C)c(=O)[nH]c2=O)[C@@H]1OCC(=O)NC. The average Bonchev–Trinajstić information content (AvgIpc) is 3.19. The first-order valence-corrected chi connectivity index (χ1v) is 15.1. The molecule has 212 valence electrons. The summed E-state index contributed by atoms with van der Waals surface area (Å²) in [6.07, 6.45) is -1.66. The zero-order valence-electron chi connectivity index (χ0n) is 21.8. The molecule has 1 aliphatic rings. The number of aryl methyl sites for hydroxylation is 1. The predicted molar refractivity (Wildman–Crippen MR) is 136 cm³/mol. The van der Waals surface area contributed by atoms with Gasteiger partial charge in [-0.05, 0) is 33.6 Å². The van der Waals surface area contributed by atoms with E-state index in [1.54, 1.807) is 13.8 Å². The van der Waals surface area contributed by atoms with E-state index >= 15 is 0 Å². The topological polar surface area (TPSA) is 182 Å². The van der Waals surface area contributed by atoms with Crippen molar-refractivity contribution >= 4 is 22.0 Å². The minimum absolute atomic E-state index is 0.00798. The lowest BCUT2D eigenvalue weighted by Crippen LogP contribution is -2.42. The van der Waals surface area contributed by atoms with E-state index in [9.17, 15) is 18.9 Å². The molecule has 0 aromatic carbocycles. The summed E-state index contributed by atoms with van der Waals surface area (Å²) in [6.45, 7) is 7.24. The smallest absolute Gasteiger partial charge is 0.330 e. The summed E-state index contributed by atoms with van der Waals surface area (Å²) in [6, 6.07) is 0. The van der Waals surface area contributed by atoms with Gasteiger partial charge in [0.1, 0.15) is 18.8 Å². The molecule has 2 unspecified atom stereocenters. The van der Waals surface area contributed by atoms with Gasteiger partial charge in [0.05, 0.1) is 32.1 Å². The first kappa shape index (κ1) is 31.7. The number of H-pyrrole nitrogens is 1. The minimum Gasteiger partial charge on any atom is -0.361 e. The number of aromatic nitrogens is 2. The Kier molecular flexibility index (Phi) is 13.0. The highest BCUT2D eigenvalue weighted by Gasteiger charge is 2.49. The average molecular weight is 569 g/mol. The fourth-order valence-corrected chi connectivity index (χ4v) is 6.27. The van der Waals surface area contributed by atoms with E-state index in [2.05, 4.69) is 10.3 Å². The number of nitrogens with zero attached hydrogens (tertiary/aromatic N) is 1. The molecule has 0 bridgehead atoms. The molecule has 0 spiro atoms. The third-order valence-electron chi connectivity index (χ3n) is 5.38. The van der Waals surface area contributed by atoms with E-state index < -0.39 is 57.8 Å². The summed E-state index contributed by atoms with van der Waals surface area (Å²) in [4.78, 5) is 38.9. The molecule has 1 saturated heterocycles. The van der Waals surface area contributed by atoms with Gasteiger partial charge in [-0.15, -0.1) is 0 Å². The second-order valence-electron chi connectivity index (χ2n) is 8.14. The number of nitrogens with one attached hydrogen (secondary N) is 2. The van der Waals surface area contributed by atoms with Crippen LogP contribution in [0.4, 0.5) is 0 Å². The maximum atomic E-state index is 13.1. The summed E-state index contributed by atoms with van der Waals surface area (Å²) in [5.41, 5.74) is 5.08. The molecule has 5 atom stereocenters. The van der Waals surface area contributed by atoms with Crippen LogP contribution in [0.2, 0.25) is 0 Å². The monoisotopic (exact) mass is 568 g/mol. The van der Waals surface area contributed by atoms with Gasteiger partial charge in [0.25, 0.3) is 14.1 Å². The molecule has 2 rings (SSSR count). The van der Waals surface area contributed by atoms with Crippen molar-refractivity contribution in [1.29, 1.82) is 0 Å². The van der Waals surface area contributed by atoms with Crippen molar-refractivity contribution < 1.29 is 36.9 Å². The van der Waals surface area contributed by atoms with Gasteiger partial charge in [-0.3, -0.25) is 29.2 Å². The van der Waals surface area contributed by atoms with Gasteiger partial charge in [0.2, 0.25) is 5.91 Å². The van der Waals surface area contributed by atoms with Crippen molar-refractivity contribution in [2.24, 2.45) is 5.50 Å². The maximum absolute atomic E-state index is 13.1. The van der Waals surface area contributed by atoms with Gasteiger partial charge in [-0.2, -0.15) is 0 Å². The number of likely N-dealkylation sites (N-methyl/N-ethyl adjacent to an activating group) is 1. The number of carbonyl (C=O) groups is 1. The largest absolute Gasteiger partial charge is 0.361 e. The Morgan fingerprint density at radius 3 is 2.51 bits per heavy atom. The van der Waals surface area contributed by atoms with Gasteiger partial charge >= 0.3 is 13.3 Å². The summed E-state index contributed by atoms with van der Waals surface area (Å²) < 4.78 is 48.7. The van der Waals surface area contributed by atoms with Crippen LogP contribution in [0.15, 0.2) is 15.8 Å². The number of aromatic amines is 1. The van der Waals surface area contributed by atoms with E-state index in [0.29, 0.717) is 13.0 Å². The van der Waals surface area contributed by atoms with E-state index in [-0.39, 0.29) is 38.0 Å². The fraction of sp³-hybridized carbons (Fsp3) is 0.762. The van der Waals surface area contributed by atoms with E-state index in [4.69, 9.17) is 33.1 Å². The number of hydrogen-bond donors (Lipinski definition) is 3. The maximum Gasteiger partial charge on any atom is 0.330 e. The number of ether oxygens (including phenoxy) is 2. The first-order chi connectivity index (χ1) is 17.6. The Morgan fingerprint density at radius 2 is 1.92 bits per heavy atom. The quantitative estimate of drug-likeness (QED) is 0.246. The molecule has 37 heavy (non-hydrogen) atoms. The van der Waals surface area contributed by atoms with E-state index in [0.717, 1.165) is 4.57 Å². The standard InChI is InChI=1S/C21H38N4O10P2/c1-6-10-31-36(22)35-17-15(9-11-37(29,32-7-2)33-8-3)34-20(18(17)30-13-16(26)23-5)25-12-14(4)19(27)24-21(25)28/h12,15,17-18,20H,6-11,13,22H2,1-5H3,(H,23,26)(H,24,27,28)/t15-,17-,18-,20?,36?/m1/s1. The van der Waals surface area contributed by atoms with Crippen molar-refractivity contribution in [3.05, 3.63) is 32.6 Å². The second-order valence-corrected chi connectivity index (χ2v) is 11.4. The molecule has 4 N–H and O–H groups in total. The highest BCUT2D eigenvalue weighted by Crippen LogP contribution is 2.50. The fourth-order valence-electron chi connectivity index (χ4n) is 3.66.